The Balaban J connectivity index is 1.76. The fourth-order valence-electron chi connectivity index (χ4n) is 3.38. The Bertz CT molecular complexity index is 1080. The predicted molar refractivity (Wildman–Crippen MR) is 92.4 cm³/mol. The lowest BCUT2D eigenvalue weighted by atomic mass is 10.1. The van der Waals surface area contributed by atoms with E-state index in [1.54, 1.807) is 40.4 Å². The van der Waals surface area contributed by atoms with Gasteiger partial charge in [0.2, 0.25) is 0 Å². The summed E-state index contributed by atoms with van der Waals surface area (Å²) in [4.78, 5) is 13.3. The van der Waals surface area contributed by atoms with Gasteiger partial charge in [-0.25, -0.2) is 14.5 Å². The highest BCUT2D eigenvalue weighted by Gasteiger charge is 2.24. The molecule has 120 valence electrons. The van der Waals surface area contributed by atoms with Gasteiger partial charge in [-0.05, 0) is 17.7 Å². The van der Waals surface area contributed by atoms with E-state index in [9.17, 15) is 5.11 Å². The van der Waals surface area contributed by atoms with E-state index in [-0.39, 0.29) is 5.75 Å². The number of nitrogens with zero attached hydrogens (tertiary/aromatic N) is 4. The maximum absolute atomic E-state index is 9.70. The van der Waals surface area contributed by atoms with Crippen molar-refractivity contribution in [3.63, 3.8) is 0 Å². The van der Waals surface area contributed by atoms with Gasteiger partial charge in [0.1, 0.15) is 23.5 Å². The molecule has 1 unspecified atom stereocenters. The lowest BCUT2D eigenvalue weighted by Gasteiger charge is -2.19. The number of quaternary nitrogens is 1. The van der Waals surface area contributed by atoms with Crippen molar-refractivity contribution in [1.82, 2.24) is 19.6 Å². The van der Waals surface area contributed by atoms with Crippen molar-refractivity contribution in [2.75, 3.05) is 13.6 Å². The number of hydrogen-bond donors (Lipinski definition) is 2. The zero-order valence-corrected chi connectivity index (χ0v) is 14.0. The summed E-state index contributed by atoms with van der Waals surface area (Å²) >= 11 is 1.77. The van der Waals surface area contributed by atoms with E-state index in [4.69, 9.17) is 4.98 Å². The first-order valence-electron chi connectivity index (χ1n) is 7.95. The lowest BCUT2D eigenvalue weighted by molar-refractivity contribution is -0.895. The summed E-state index contributed by atoms with van der Waals surface area (Å²) in [5, 5.41) is 15.4. The second-order valence-electron chi connectivity index (χ2n) is 6.32. The van der Waals surface area contributed by atoms with E-state index in [1.807, 2.05) is 6.07 Å². The quantitative estimate of drug-likeness (QED) is 0.549. The van der Waals surface area contributed by atoms with Crippen molar-refractivity contribution in [2.24, 2.45) is 0 Å². The van der Waals surface area contributed by atoms with Crippen LogP contribution in [0.4, 0.5) is 0 Å². The minimum atomic E-state index is 0.216. The molecule has 1 atom stereocenters. The molecule has 1 aliphatic heterocycles. The minimum Gasteiger partial charge on any atom is -0.508 e. The normalized spacial score (nSPS) is 17.5. The number of nitrogens with one attached hydrogen (secondary N) is 1. The Labute approximate surface area is 142 Å². The molecule has 0 saturated carbocycles. The third-order valence-electron chi connectivity index (χ3n) is 4.58. The standard InChI is InChI=1S/C17H15N5OS/c1-21-6-5-12-13(8-21)24-17-14(12)16-19-15(20-22(16)9-18-17)10-3-2-4-11(23)7-10/h2-4,7,9,23H,5-6,8H2,1H3/p+1. The van der Waals surface area contributed by atoms with Crippen LogP contribution in [0.15, 0.2) is 30.6 Å². The van der Waals surface area contributed by atoms with Crippen molar-refractivity contribution in [3.05, 3.63) is 41.0 Å². The number of benzene rings is 1. The molecular weight excluding hydrogens is 322 g/mol. The molecule has 0 bridgehead atoms. The number of hydrogen-bond acceptors (Lipinski definition) is 5. The molecule has 4 aromatic rings. The number of aromatic hydroxyl groups is 1. The molecule has 0 spiro atoms. The van der Waals surface area contributed by atoms with Crippen LogP contribution in [-0.2, 0) is 13.0 Å². The number of fused-ring (bicyclic) bond motifs is 5. The fourth-order valence-corrected chi connectivity index (χ4v) is 4.67. The van der Waals surface area contributed by atoms with Crippen molar-refractivity contribution >= 4 is 27.2 Å². The molecule has 1 aliphatic rings. The maximum Gasteiger partial charge on any atom is 0.182 e. The third kappa shape index (κ3) is 2.02. The van der Waals surface area contributed by atoms with Crippen molar-refractivity contribution in [2.45, 2.75) is 13.0 Å². The average molecular weight is 338 g/mol. The molecule has 0 radical (unpaired) electrons. The van der Waals surface area contributed by atoms with Crippen LogP contribution in [0.5, 0.6) is 5.75 Å². The van der Waals surface area contributed by atoms with Gasteiger partial charge < -0.3 is 10.0 Å². The Morgan fingerprint density at radius 1 is 1.33 bits per heavy atom. The van der Waals surface area contributed by atoms with Crippen LogP contribution >= 0.6 is 11.3 Å². The van der Waals surface area contributed by atoms with Gasteiger partial charge in [-0.15, -0.1) is 16.4 Å². The summed E-state index contributed by atoms with van der Waals surface area (Å²) in [6.07, 6.45) is 2.78. The summed E-state index contributed by atoms with van der Waals surface area (Å²) < 4.78 is 1.75. The minimum absolute atomic E-state index is 0.216. The van der Waals surface area contributed by atoms with E-state index in [0.717, 1.165) is 40.9 Å². The molecule has 7 heteroatoms. The van der Waals surface area contributed by atoms with Crippen molar-refractivity contribution in [1.29, 1.82) is 0 Å². The first-order valence-corrected chi connectivity index (χ1v) is 8.77. The van der Waals surface area contributed by atoms with E-state index in [0.29, 0.717) is 5.82 Å². The van der Waals surface area contributed by atoms with Crippen LogP contribution in [0.1, 0.15) is 10.4 Å². The molecule has 24 heavy (non-hydrogen) atoms. The molecule has 0 saturated heterocycles. The Kier molecular flexibility index (Phi) is 2.89. The highest BCUT2D eigenvalue weighted by atomic mass is 32.1. The summed E-state index contributed by atoms with van der Waals surface area (Å²) in [7, 11) is 2.23. The van der Waals surface area contributed by atoms with Crippen LogP contribution in [0.2, 0.25) is 0 Å². The van der Waals surface area contributed by atoms with Crippen LogP contribution in [0.3, 0.4) is 0 Å². The SMILES string of the molecule is C[NH+]1CCc2c(sc3ncn4nc(-c5cccc(O)c5)nc4c23)C1. The number of aromatic nitrogens is 4. The number of likely N-dealkylation sites (N-methyl/N-ethyl adjacent to an activating group) is 1. The van der Waals surface area contributed by atoms with Crippen LogP contribution in [-0.4, -0.2) is 38.3 Å². The first kappa shape index (κ1) is 13.9. The summed E-state index contributed by atoms with van der Waals surface area (Å²) in [5.74, 6) is 0.826. The molecule has 0 amide bonds. The number of phenols is 1. The van der Waals surface area contributed by atoms with Crippen LogP contribution in [0, 0.1) is 0 Å². The van der Waals surface area contributed by atoms with E-state index >= 15 is 0 Å². The number of thiophene rings is 1. The highest BCUT2D eigenvalue weighted by molar-refractivity contribution is 7.19. The molecule has 0 fully saturated rings. The molecule has 5 rings (SSSR count). The topological polar surface area (TPSA) is 67.8 Å². The first-order chi connectivity index (χ1) is 11.7. The largest absolute Gasteiger partial charge is 0.508 e. The molecule has 3 aromatic heterocycles. The highest BCUT2D eigenvalue weighted by Crippen LogP contribution is 2.34. The van der Waals surface area contributed by atoms with Crippen molar-refractivity contribution in [3.8, 4) is 17.1 Å². The smallest absolute Gasteiger partial charge is 0.182 e. The summed E-state index contributed by atoms with van der Waals surface area (Å²) in [6.45, 7) is 2.18. The van der Waals surface area contributed by atoms with E-state index in [1.165, 1.54) is 15.3 Å². The monoisotopic (exact) mass is 338 g/mol. The fraction of sp³-hybridized carbons (Fsp3) is 0.235. The lowest BCUT2D eigenvalue weighted by Crippen LogP contribution is -3.08. The number of rotatable bonds is 1. The number of phenolic OH excluding ortho intramolecular Hbond substituents is 1. The van der Waals surface area contributed by atoms with Crippen LogP contribution < -0.4 is 4.90 Å². The summed E-state index contributed by atoms with van der Waals surface area (Å²) in [5.41, 5.74) is 3.05. The van der Waals surface area contributed by atoms with Gasteiger partial charge in [-0.2, -0.15) is 0 Å². The van der Waals surface area contributed by atoms with Crippen molar-refractivity contribution < 1.29 is 10.0 Å². The van der Waals surface area contributed by atoms with E-state index in [2.05, 4.69) is 17.1 Å². The second kappa shape index (κ2) is 4.99. The van der Waals surface area contributed by atoms with Crippen LogP contribution in [0.25, 0.3) is 27.3 Å². The predicted octanol–water partition coefficient (Wildman–Crippen LogP) is 1.28. The molecule has 2 N–H and O–H groups in total. The van der Waals surface area contributed by atoms with Gasteiger partial charge in [-0.1, -0.05) is 12.1 Å². The molecular formula is C17H16N5OS+. The molecule has 0 aliphatic carbocycles. The van der Waals surface area contributed by atoms with Gasteiger partial charge in [0.05, 0.1) is 23.9 Å². The Morgan fingerprint density at radius 2 is 2.25 bits per heavy atom. The maximum atomic E-state index is 9.70. The second-order valence-corrected chi connectivity index (χ2v) is 7.40. The van der Waals surface area contributed by atoms with Gasteiger partial charge in [0, 0.05) is 12.0 Å². The van der Waals surface area contributed by atoms with Gasteiger partial charge in [-0.3, -0.25) is 0 Å². The van der Waals surface area contributed by atoms with Gasteiger partial charge in [0.25, 0.3) is 0 Å². The Hall–Kier alpha value is -2.51. The van der Waals surface area contributed by atoms with E-state index < -0.39 is 0 Å². The molecule has 4 heterocycles. The molecule has 6 nitrogen and oxygen atoms in total. The van der Waals surface area contributed by atoms with Gasteiger partial charge >= 0.3 is 0 Å². The zero-order valence-electron chi connectivity index (χ0n) is 13.2. The third-order valence-corrected chi connectivity index (χ3v) is 5.72. The summed E-state index contributed by atoms with van der Waals surface area (Å²) in [6, 6.07) is 7.03. The Morgan fingerprint density at radius 3 is 3.12 bits per heavy atom. The zero-order chi connectivity index (χ0) is 16.3. The average Bonchev–Trinajstić information content (AvgIpc) is 3.14. The molecule has 1 aromatic carbocycles. The van der Waals surface area contributed by atoms with Gasteiger partial charge in [0.15, 0.2) is 11.5 Å².